The molecule has 0 unspecified atom stereocenters. The number of amides is 3. The van der Waals surface area contributed by atoms with Crippen LogP contribution in [0, 0.1) is 5.92 Å². The Balaban J connectivity index is 1.69. The maximum absolute atomic E-state index is 13.5. The Morgan fingerprint density at radius 3 is 2.38 bits per heavy atom. The molecule has 32 heavy (non-hydrogen) atoms. The van der Waals surface area contributed by atoms with Crippen LogP contribution >= 0.6 is 0 Å². The van der Waals surface area contributed by atoms with E-state index in [9.17, 15) is 18.0 Å². The van der Waals surface area contributed by atoms with E-state index < -0.39 is 16.1 Å². The number of hydrogen-bond acceptors (Lipinski definition) is 5. The molecule has 0 N–H and O–H groups in total. The molecule has 0 radical (unpaired) electrons. The molecule has 0 bridgehead atoms. The summed E-state index contributed by atoms with van der Waals surface area (Å²) in [6, 6.07) is 11.8. The Hall–Kier alpha value is -3.07. The lowest BCUT2D eigenvalue weighted by Crippen LogP contribution is -2.54. The number of carbonyl (C=O) groups is 2. The van der Waals surface area contributed by atoms with E-state index in [1.54, 1.807) is 35.2 Å². The highest BCUT2D eigenvalue weighted by Gasteiger charge is 2.43. The predicted octanol–water partition coefficient (Wildman–Crippen LogP) is 3.48. The number of urea groups is 1. The van der Waals surface area contributed by atoms with E-state index in [1.165, 1.54) is 23.1 Å². The molecule has 9 heteroatoms. The van der Waals surface area contributed by atoms with Crippen molar-refractivity contribution >= 4 is 33.3 Å². The van der Waals surface area contributed by atoms with Crippen molar-refractivity contribution in [3.63, 3.8) is 0 Å². The first-order valence-corrected chi connectivity index (χ1v) is 12.2. The third-order valence-electron chi connectivity index (χ3n) is 5.89. The second kappa shape index (κ2) is 8.82. The van der Waals surface area contributed by atoms with Crippen LogP contribution in [-0.4, -0.2) is 51.5 Å². The Morgan fingerprint density at radius 2 is 1.72 bits per heavy atom. The zero-order valence-corrected chi connectivity index (χ0v) is 19.0. The first-order chi connectivity index (χ1) is 15.3. The summed E-state index contributed by atoms with van der Waals surface area (Å²) in [5.74, 6) is 0.951. The summed E-state index contributed by atoms with van der Waals surface area (Å²) < 4.78 is 32.9. The Morgan fingerprint density at radius 1 is 1.06 bits per heavy atom. The average Bonchev–Trinajstić information content (AvgIpc) is 2.78. The number of likely N-dealkylation sites (tertiary alicyclic amines) is 1. The summed E-state index contributed by atoms with van der Waals surface area (Å²) in [4.78, 5) is 29.5. The molecule has 8 nitrogen and oxygen atoms in total. The maximum Gasteiger partial charge on any atom is 0.343 e. The SMILES string of the molecule is CCOc1ccc(N2C(=O)N(CC(=O)N3CCC(C)CC3)c3ccccc3S2(=O)=O)cc1. The van der Waals surface area contributed by atoms with Crippen LogP contribution in [0.4, 0.5) is 16.2 Å². The first kappa shape index (κ1) is 22.1. The van der Waals surface area contributed by atoms with Gasteiger partial charge in [-0.05, 0) is 62.1 Å². The van der Waals surface area contributed by atoms with Gasteiger partial charge >= 0.3 is 6.03 Å². The van der Waals surface area contributed by atoms with Gasteiger partial charge in [0.05, 0.1) is 18.0 Å². The van der Waals surface area contributed by atoms with Crippen LogP contribution in [0.5, 0.6) is 5.75 Å². The number of para-hydroxylation sites is 1. The van der Waals surface area contributed by atoms with Gasteiger partial charge in [0.2, 0.25) is 5.91 Å². The number of anilines is 2. The summed E-state index contributed by atoms with van der Waals surface area (Å²) in [5, 5.41) is 0. The number of sulfonamides is 1. The number of rotatable bonds is 5. The molecule has 0 saturated carbocycles. The molecule has 2 aromatic carbocycles. The largest absolute Gasteiger partial charge is 0.494 e. The minimum absolute atomic E-state index is 0.00597. The van der Waals surface area contributed by atoms with Gasteiger partial charge in [0.15, 0.2) is 0 Å². The Labute approximate surface area is 188 Å². The van der Waals surface area contributed by atoms with Crippen molar-refractivity contribution in [1.82, 2.24) is 4.90 Å². The van der Waals surface area contributed by atoms with Gasteiger partial charge < -0.3 is 9.64 Å². The summed E-state index contributed by atoms with van der Waals surface area (Å²) >= 11 is 0. The van der Waals surface area contributed by atoms with Crippen LogP contribution < -0.4 is 13.9 Å². The molecule has 0 spiro atoms. The standard InChI is InChI=1S/C23H27N3O5S/c1-3-31-19-10-8-18(9-11-19)26-23(28)25(16-22(27)24-14-12-17(2)13-15-24)20-6-4-5-7-21(20)32(26,29)30/h4-11,17H,3,12-16H2,1-2H3. The predicted molar refractivity (Wildman–Crippen MR) is 121 cm³/mol. The van der Waals surface area contributed by atoms with E-state index in [-0.39, 0.29) is 28.7 Å². The van der Waals surface area contributed by atoms with Crippen LogP contribution in [-0.2, 0) is 14.8 Å². The van der Waals surface area contributed by atoms with E-state index in [0.29, 0.717) is 31.4 Å². The Bertz CT molecular complexity index is 1110. The summed E-state index contributed by atoms with van der Waals surface area (Å²) in [7, 11) is -4.13. The van der Waals surface area contributed by atoms with Crippen molar-refractivity contribution in [2.45, 2.75) is 31.6 Å². The minimum atomic E-state index is -4.13. The number of ether oxygens (including phenoxy) is 1. The zero-order chi connectivity index (χ0) is 22.9. The van der Waals surface area contributed by atoms with Crippen molar-refractivity contribution < 1.29 is 22.7 Å². The molecule has 4 rings (SSSR count). The number of hydrogen-bond donors (Lipinski definition) is 0. The van der Waals surface area contributed by atoms with Crippen LogP contribution in [0.3, 0.4) is 0 Å². The molecule has 0 atom stereocenters. The molecule has 2 aromatic rings. The lowest BCUT2D eigenvalue weighted by molar-refractivity contribution is -0.130. The van der Waals surface area contributed by atoms with Gasteiger partial charge in [0, 0.05) is 13.1 Å². The molecule has 3 amide bonds. The average molecular weight is 458 g/mol. The quantitative estimate of drug-likeness (QED) is 0.686. The van der Waals surface area contributed by atoms with Crippen LogP contribution in [0.2, 0.25) is 0 Å². The zero-order valence-electron chi connectivity index (χ0n) is 18.2. The maximum atomic E-state index is 13.5. The highest BCUT2D eigenvalue weighted by atomic mass is 32.2. The molecule has 0 aliphatic carbocycles. The summed E-state index contributed by atoms with van der Waals surface area (Å²) in [6.07, 6.45) is 1.84. The molecule has 2 aliphatic heterocycles. The molecule has 1 saturated heterocycles. The normalized spacial score (nSPS) is 18.4. The highest BCUT2D eigenvalue weighted by Crippen LogP contribution is 2.37. The van der Waals surface area contributed by atoms with Gasteiger partial charge in [-0.1, -0.05) is 19.1 Å². The lowest BCUT2D eigenvalue weighted by Gasteiger charge is -2.37. The van der Waals surface area contributed by atoms with Crippen LogP contribution in [0.25, 0.3) is 0 Å². The molecule has 170 valence electrons. The molecular weight excluding hydrogens is 430 g/mol. The molecule has 2 heterocycles. The summed E-state index contributed by atoms with van der Waals surface area (Å²) in [6.45, 7) is 5.55. The molecular formula is C23H27N3O5S. The smallest absolute Gasteiger partial charge is 0.343 e. The Kier molecular flexibility index (Phi) is 6.10. The van der Waals surface area contributed by atoms with Gasteiger partial charge in [0.1, 0.15) is 17.2 Å². The van der Waals surface area contributed by atoms with Gasteiger partial charge in [-0.25, -0.2) is 13.2 Å². The molecule has 2 aliphatic rings. The molecule has 0 aromatic heterocycles. The van der Waals surface area contributed by atoms with E-state index >= 15 is 0 Å². The minimum Gasteiger partial charge on any atom is -0.494 e. The fourth-order valence-corrected chi connectivity index (χ4v) is 5.64. The van der Waals surface area contributed by atoms with E-state index in [4.69, 9.17) is 4.74 Å². The number of fused-ring (bicyclic) bond motifs is 1. The number of nitrogens with zero attached hydrogens (tertiary/aromatic N) is 3. The van der Waals surface area contributed by atoms with Gasteiger partial charge in [-0.3, -0.25) is 9.69 Å². The van der Waals surface area contributed by atoms with Crippen LogP contribution in [0.15, 0.2) is 53.4 Å². The number of carbonyl (C=O) groups excluding carboxylic acids is 2. The van der Waals surface area contributed by atoms with Gasteiger partial charge in [-0.2, -0.15) is 4.31 Å². The van der Waals surface area contributed by atoms with E-state index in [1.807, 2.05) is 6.92 Å². The van der Waals surface area contributed by atoms with Crippen LogP contribution in [0.1, 0.15) is 26.7 Å². The first-order valence-electron chi connectivity index (χ1n) is 10.8. The third-order valence-corrected chi connectivity index (χ3v) is 7.64. The van der Waals surface area contributed by atoms with Crippen molar-refractivity contribution in [1.29, 1.82) is 0 Å². The fourth-order valence-electron chi connectivity index (χ4n) is 4.05. The topological polar surface area (TPSA) is 87.2 Å². The van der Waals surface area contributed by atoms with Crippen molar-refractivity contribution in [3.8, 4) is 5.75 Å². The van der Waals surface area contributed by atoms with Crippen molar-refractivity contribution in [3.05, 3.63) is 48.5 Å². The van der Waals surface area contributed by atoms with Crippen molar-refractivity contribution in [2.24, 2.45) is 5.92 Å². The van der Waals surface area contributed by atoms with Gasteiger partial charge in [-0.15, -0.1) is 0 Å². The summed E-state index contributed by atoms with van der Waals surface area (Å²) in [5.41, 5.74) is 0.413. The number of piperidine rings is 1. The van der Waals surface area contributed by atoms with E-state index in [2.05, 4.69) is 6.92 Å². The monoisotopic (exact) mass is 457 g/mol. The van der Waals surface area contributed by atoms with Crippen molar-refractivity contribution in [2.75, 3.05) is 35.4 Å². The lowest BCUT2D eigenvalue weighted by atomic mass is 9.99. The third kappa shape index (κ3) is 4.04. The molecule has 1 fully saturated rings. The second-order valence-electron chi connectivity index (χ2n) is 8.10. The number of benzene rings is 2. The fraction of sp³-hybridized carbons (Fsp3) is 0.391. The van der Waals surface area contributed by atoms with Gasteiger partial charge in [0.25, 0.3) is 10.0 Å². The highest BCUT2D eigenvalue weighted by molar-refractivity contribution is 7.94. The second-order valence-corrected chi connectivity index (χ2v) is 9.85. The van der Waals surface area contributed by atoms with E-state index in [0.717, 1.165) is 17.1 Å².